The molecule has 0 aliphatic carbocycles. The molecule has 0 amide bonds. The van der Waals surface area contributed by atoms with Crippen molar-refractivity contribution in [2.45, 2.75) is 9.79 Å². The molecule has 0 radical (unpaired) electrons. The highest BCUT2D eigenvalue weighted by Gasteiger charge is 2.17. The SMILES string of the molecule is N#Cc1ccc(S(=O)(=O)c2ccc(/C=C/c3ccc(F)cc3F)nc2)cc1.c1ccncc1. The Balaban J connectivity index is 0.000000442. The van der Waals surface area contributed by atoms with Crippen LogP contribution in [0.25, 0.3) is 12.2 Å². The molecule has 0 atom stereocenters. The summed E-state index contributed by atoms with van der Waals surface area (Å²) in [6.07, 6.45) is 7.62. The van der Waals surface area contributed by atoms with E-state index in [1.807, 2.05) is 24.3 Å². The number of nitrogens with zero attached hydrogens (tertiary/aromatic N) is 3. The van der Waals surface area contributed by atoms with E-state index in [-0.39, 0.29) is 15.4 Å². The Bertz CT molecular complexity index is 1360. The van der Waals surface area contributed by atoms with Crippen LogP contribution in [0.15, 0.2) is 101 Å². The van der Waals surface area contributed by atoms with Gasteiger partial charge in [0.05, 0.1) is 27.1 Å². The molecule has 4 aromatic rings. The average Bonchev–Trinajstić information content (AvgIpc) is 2.85. The van der Waals surface area contributed by atoms with Crippen molar-refractivity contribution in [3.05, 3.63) is 120 Å². The molecule has 0 spiro atoms. The minimum Gasteiger partial charge on any atom is -0.265 e. The summed E-state index contributed by atoms with van der Waals surface area (Å²) in [5, 5.41) is 8.78. The molecule has 0 fully saturated rings. The number of pyridine rings is 2. The lowest BCUT2D eigenvalue weighted by Crippen LogP contribution is -2.02. The van der Waals surface area contributed by atoms with Gasteiger partial charge in [0.1, 0.15) is 11.6 Å². The van der Waals surface area contributed by atoms with Gasteiger partial charge in [-0.3, -0.25) is 9.97 Å². The zero-order chi connectivity index (χ0) is 23.7. The van der Waals surface area contributed by atoms with Gasteiger partial charge in [-0.05, 0) is 72.8 Å². The third kappa shape index (κ3) is 6.38. The van der Waals surface area contributed by atoms with E-state index in [0.717, 1.165) is 12.1 Å². The van der Waals surface area contributed by atoms with E-state index in [4.69, 9.17) is 5.26 Å². The summed E-state index contributed by atoms with van der Waals surface area (Å²) in [5.41, 5.74) is 0.963. The van der Waals surface area contributed by atoms with Crippen LogP contribution in [0, 0.1) is 23.0 Å². The number of aromatic nitrogens is 2. The first-order valence-electron chi connectivity index (χ1n) is 9.59. The predicted molar refractivity (Wildman–Crippen MR) is 120 cm³/mol. The van der Waals surface area contributed by atoms with Crippen molar-refractivity contribution in [2.75, 3.05) is 0 Å². The summed E-state index contributed by atoms with van der Waals surface area (Å²) in [4.78, 5) is 7.89. The van der Waals surface area contributed by atoms with E-state index in [1.165, 1.54) is 60.8 Å². The number of nitriles is 1. The van der Waals surface area contributed by atoms with Crippen LogP contribution in [0.1, 0.15) is 16.8 Å². The van der Waals surface area contributed by atoms with Crippen LogP contribution in [0.2, 0.25) is 0 Å². The molecule has 4 rings (SSSR count). The van der Waals surface area contributed by atoms with Crippen LogP contribution in [0.5, 0.6) is 0 Å². The normalized spacial score (nSPS) is 10.8. The molecule has 2 aromatic heterocycles. The van der Waals surface area contributed by atoms with Gasteiger partial charge in [-0.1, -0.05) is 6.07 Å². The molecule has 0 bridgehead atoms. The number of halogens is 2. The van der Waals surface area contributed by atoms with Gasteiger partial charge in [-0.25, -0.2) is 17.2 Å². The van der Waals surface area contributed by atoms with Crippen LogP contribution in [0.4, 0.5) is 8.78 Å². The highest BCUT2D eigenvalue weighted by molar-refractivity contribution is 7.91. The molecule has 0 unspecified atom stereocenters. The van der Waals surface area contributed by atoms with Gasteiger partial charge in [-0.2, -0.15) is 5.26 Å². The van der Waals surface area contributed by atoms with E-state index < -0.39 is 21.5 Å². The minimum atomic E-state index is -3.76. The molecule has 0 aliphatic heterocycles. The van der Waals surface area contributed by atoms with Crippen molar-refractivity contribution in [1.29, 1.82) is 5.26 Å². The number of sulfone groups is 1. The second kappa shape index (κ2) is 10.9. The molecule has 2 aromatic carbocycles. The van der Waals surface area contributed by atoms with Crippen LogP contribution in [-0.4, -0.2) is 18.4 Å². The lowest BCUT2D eigenvalue weighted by atomic mass is 10.2. The van der Waals surface area contributed by atoms with Crippen LogP contribution in [-0.2, 0) is 9.84 Å². The number of benzene rings is 2. The number of hydrogen-bond acceptors (Lipinski definition) is 5. The lowest BCUT2D eigenvalue weighted by molar-refractivity contribution is 0.581. The topological polar surface area (TPSA) is 83.7 Å². The molecule has 0 aliphatic rings. The molecule has 0 N–H and O–H groups in total. The second-order valence-electron chi connectivity index (χ2n) is 6.58. The van der Waals surface area contributed by atoms with Crippen LogP contribution >= 0.6 is 0 Å². The van der Waals surface area contributed by atoms with Crippen LogP contribution in [0.3, 0.4) is 0 Å². The van der Waals surface area contributed by atoms with E-state index in [9.17, 15) is 17.2 Å². The van der Waals surface area contributed by atoms with Gasteiger partial charge < -0.3 is 0 Å². The van der Waals surface area contributed by atoms with E-state index in [1.54, 1.807) is 12.4 Å². The third-order valence-electron chi connectivity index (χ3n) is 4.33. The maximum Gasteiger partial charge on any atom is 0.208 e. The fourth-order valence-corrected chi connectivity index (χ4v) is 3.82. The third-order valence-corrected chi connectivity index (χ3v) is 6.08. The molecule has 5 nitrogen and oxygen atoms in total. The molecule has 33 heavy (non-hydrogen) atoms. The summed E-state index contributed by atoms with van der Waals surface area (Å²) in [6, 6.07) is 19.3. The predicted octanol–water partition coefficient (Wildman–Crippen LogP) is 5.32. The first-order chi connectivity index (χ1) is 15.9. The highest BCUT2D eigenvalue weighted by Crippen LogP contribution is 2.21. The Morgan fingerprint density at radius 1 is 0.848 bits per heavy atom. The smallest absolute Gasteiger partial charge is 0.208 e. The average molecular weight is 461 g/mol. The summed E-state index contributed by atoms with van der Waals surface area (Å²) < 4.78 is 51.7. The molecule has 0 saturated heterocycles. The standard InChI is InChI=1S/C20H12F2N2O2S.C5H5N/c21-16-5-3-15(20(22)11-16)4-6-17-7-10-19(13-24-17)27(25,26)18-8-1-14(12-23)2-9-18;1-2-4-6-5-3-1/h1-11,13H;1-5H/b6-4+;. The Hall–Kier alpha value is -4.22. The zero-order valence-corrected chi connectivity index (χ0v) is 18.0. The van der Waals surface area contributed by atoms with Crippen molar-refractivity contribution < 1.29 is 17.2 Å². The number of hydrogen-bond donors (Lipinski definition) is 0. The van der Waals surface area contributed by atoms with Crippen LogP contribution < -0.4 is 0 Å². The Kier molecular flexibility index (Phi) is 7.73. The maximum atomic E-state index is 13.6. The lowest BCUT2D eigenvalue weighted by Gasteiger charge is -2.04. The van der Waals surface area contributed by atoms with Gasteiger partial charge >= 0.3 is 0 Å². The first kappa shape index (κ1) is 23.4. The van der Waals surface area contributed by atoms with E-state index in [0.29, 0.717) is 11.3 Å². The minimum absolute atomic E-state index is 0.00248. The van der Waals surface area contributed by atoms with Crippen molar-refractivity contribution >= 4 is 22.0 Å². The van der Waals surface area contributed by atoms with Crippen molar-refractivity contribution in [3.63, 3.8) is 0 Å². The summed E-state index contributed by atoms with van der Waals surface area (Å²) in [7, 11) is -3.76. The van der Waals surface area contributed by atoms with Gasteiger partial charge in [0, 0.05) is 30.2 Å². The second-order valence-corrected chi connectivity index (χ2v) is 8.53. The summed E-state index contributed by atoms with van der Waals surface area (Å²) >= 11 is 0. The van der Waals surface area contributed by atoms with Gasteiger partial charge in [0.2, 0.25) is 9.84 Å². The monoisotopic (exact) mass is 461 g/mol. The van der Waals surface area contributed by atoms with E-state index in [2.05, 4.69) is 9.97 Å². The van der Waals surface area contributed by atoms with Gasteiger partial charge in [0.25, 0.3) is 0 Å². The van der Waals surface area contributed by atoms with Crippen molar-refractivity contribution in [3.8, 4) is 6.07 Å². The fraction of sp³-hybridized carbons (Fsp3) is 0. The molecule has 164 valence electrons. The largest absolute Gasteiger partial charge is 0.265 e. The molecule has 8 heteroatoms. The quantitative estimate of drug-likeness (QED) is 0.411. The van der Waals surface area contributed by atoms with Crippen molar-refractivity contribution in [2.24, 2.45) is 0 Å². The van der Waals surface area contributed by atoms with Gasteiger partial charge in [-0.15, -0.1) is 0 Å². The Morgan fingerprint density at radius 2 is 1.55 bits per heavy atom. The highest BCUT2D eigenvalue weighted by atomic mass is 32.2. The van der Waals surface area contributed by atoms with E-state index >= 15 is 0 Å². The Labute approximate surface area is 190 Å². The summed E-state index contributed by atoms with van der Waals surface area (Å²) in [6.45, 7) is 0. The molecular formula is C25H17F2N3O2S. The van der Waals surface area contributed by atoms with Gasteiger partial charge in [0.15, 0.2) is 0 Å². The summed E-state index contributed by atoms with van der Waals surface area (Å²) in [5.74, 6) is -1.37. The maximum absolute atomic E-state index is 13.6. The first-order valence-corrected chi connectivity index (χ1v) is 11.1. The number of rotatable bonds is 4. The van der Waals surface area contributed by atoms with Crippen molar-refractivity contribution in [1.82, 2.24) is 9.97 Å². The molecular weight excluding hydrogens is 444 g/mol. The molecule has 2 heterocycles. The molecule has 0 saturated carbocycles. The zero-order valence-electron chi connectivity index (χ0n) is 17.1. The fourth-order valence-electron chi connectivity index (χ4n) is 2.62. The Morgan fingerprint density at radius 3 is 2.06 bits per heavy atom.